The Bertz CT molecular complexity index is 660. The van der Waals surface area contributed by atoms with Crippen molar-refractivity contribution in [3.63, 3.8) is 0 Å². The van der Waals surface area contributed by atoms with Crippen molar-refractivity contribution in [2.75, 3.05) is 0 Å². The smallest absolute Gasteiger partial charge is 0.251 e. The Kier molecular flexibility index (Phi) is 2.26. The topological polar surface area (TPSA) is 53.1 Å². The van der Waals surface area contributed by atoms with E-state index in [1.54, 1.807) is 6.07 Å². The number of pyridine rings is 1. The van der Waals surface area contributed by atoms with Gasteiger partial charge in [0, 0.05) is 10.9 Å². The Morgan fingerprint density at radius 2 is 2.06 bits per heavy atom. The summed E-state index contributed by atoms with van der Waals surface area (Å²) in [5.41, 5.74) is 2.39. The summed E-state index contributed by atoms with van der Waals surface area (Å²) in [5.74, 6) is -0.360. The highest BCUT2D eigenvalue weighted by atomic mass is 19.1. The molecule has 2 aromatic rings. The third-order valence-electron chi connectivity index (χ3n) is 3.37. The van der Waals surface area contributed by atoms with Crippen molar-refractivity contribution < 1.29 is 9.50 Å². The van der Waals surface area contributed by atoms with E-state index in [-0.39, 0.29) is 18.0 Å². The summed E-state index contributed by atoms with van der Waals surface area (Å²) in [4.78, 5) is 14.5. The second kappa shape index (κ2) is 3.67. The van der Waals surface area contributed by atoms with Crippen molar-refractivity contribution in [1.29, 1.82) is 0 Å². The Morgan fingerprint density at radius 1 is 1.29 bits per heavy atom. The van der Waals surface area contributed by atoms with Gasteiger partial charge in [0.2, 0.25) is 0 Å². The first kappa shape index (κ1) is 10.5. The molecule has 1 aromatic carbocycles. The van der Waals surface area contributed by atoms with Gasteiger partial charge in [-0.25, -0.2) is 4.39 Å². The fourth-order valence-electron chi connectivity index (χ4n) is 2.63. The van der Waals surface area contributed by atoms with Crippen LogP contribution in [0, 0.1) is 5.82 Å². The van der Waals surface area contributed by atoms with Crippen LogP contribution in [0.5, 0.6) is 0 Å². The number of aliphatic hydroxyl groups excluding tert-OH is 1. The number of hydrogen-bond acceptors (Lipinski definition) is 2. The molecule has 3 nitrogen and oxygen atoms in total. The molecule has 2 N–H and O–H groups in total. The minimum atomic E-state index is -0.360. The van der Waals surface area contributed by atoms with Crippen LogP contribution in [0.4, 0.5) is 4.39 Å². The lowest BCUT2D eigenvalue weighted by Gasteiger charge is -2.08. The molecule has 0 fully saturated rings. The first-order chi connectivity index (χ1) is 8.20. The van der Waals surface area contributed by atoms with Gasteiger partial charge >= 0.3 is 0 Å². The van der Waals surface area contributed by atoms with Gasteiger partial charge in [0.05, 0.1) is 12.1 Å². The fraction of sp³-hybridized carbons (Fsp3) is 0.308. The zero-order valence-electron chi connectivity index (χ0n) is 9.22. The van der Waals surface area contributed by atoms with Crippen LogP contribution in [0.1, 0.15) is 23.1 Å². The number of nitrogens with one attached hydrogen (secondary N) is 1. The van der Waals surface area contributed by atoms with Crippen molar-refractivity contribution in [2.45, 2.75) is 25.9 Å². The molecule has 1 aliphatic rings. The van der Waals surface area contributed by atoms with Crippen molar-refractivity contribution in [3.8, 4) is 0 Å². The number of H-pyrrole nitrogens is 1. The van der Waals surface area contributed by atoms with Gasteiger partial charge in [-0.15, -0.1) is 0 Å². The first-order valence-corrected chi connectivity index (χ1v) is 5.67. The highest BCUT2D eigenvalue weighted by Gasteiger charge is 2.20. The number of aryl methyl sites for hydroxylation is 1. The van der Waals surface area contributed by atoms with Crippen LogP contribution < -0.4 is 5.56 Å². The van der Waals surface area contributed by atoms with Crippen LogP contribution in [-0.4, -0.2) is 10.1 Å². The van der Waals surface area contributed by atoms with E-state index in [9.17, 15) is 9.18 Å². The number of aromatic nitrogens is 1. The number of aromatic amines is 1. The summed E-state index contributed by atoms with van der Waals surface area (Å²) >= 11 is 0. The third-order valence-corrected chi connectivity index (χ3v) is 3.37. The maximum absolute atomic E-state index is 14.0. The summed E-state index contributed by atoms with van der Waals surface area (Å²) in [6.45, 7) is -0.230. The molecule has 0 radical (unpaired) electrons. The maximum Gasteiger partial charge on any atom is 0.251 e. The number of fused-ring (bicyclic) bond motifs is 3. The standard InChI is InChI=1S/C13H12FNO2/c14-10-4-7(6-16)5-11-12(10)8-2-1-3-9(8)13(17)15-11/h4-5,16H,1-3,6H2,(H,15,17). The number of benzene rings is 1. The van der Waals surface area contributed by atoms with Gasteiger partial charge < -0.3 is 10.1 Å². The van der Waals surface area contributed by atoms with E-state index in [2.05, 4.69) is 4.98 Å². The van der Waals surface area contributed by atoms with Crippen LogP contribution in [0.3, 0.4) is 0 Å². The van der Waals surface area contributed by atoms with Gasteiger partial charge in [0.25, 0.3) is 5.56 Å². The summed E-state index contributed by atoms with van der Waals surface area (Å²) in [5, 5.41) is 9.53. The molecular formula is C13H12FNO2. The predicted molar refractivity (Wildman–Crippen MR) is 62.5 cm³/mol. The van der Waals surface area contributed by atoms with E-state index in [1.807, 2.05) is 0 Å². The molecule has 0 amide bonds. The molecule has 0 atom stereocenters. The predicted octanol–water partition coefficient (Wildman–Crippen LogP) is 1.65. The number of hydrogen-bond donors (Lipinski definition) is 2. The van der Waals surface area contributed by atoms with Crippen molar-refractivity contribution in [2.24, 2.45) is 0 Å². The molecule has 1 aromatic heterocycles. The fourth-order valence-corrected chi connectivity index (χ4v) is 2.63. The quantitative estimate of drug-likeness (QED) is 0.786. The van der Waals surface area contributed by atoms with E-state index in [1.165, 1.54) is 6.07 Å². The molecule has 1 heterocycles. The van der Waals surface area contributed by atoms with Gasteiger partial charge in [0.15, 0.2) is 0 Å². The lowest BCUT2D eigenvalue weighted by atomic mass is 10.0. The average molecular weight is 233 g/mol. The minimum absolute atomic E-state index is 0.125. The summed E-state index contributed by atoms with van der Waals surface area (Å²) in [6, 6.07) is 2.97. The molecule has 3 rings (SSSR count). The Morgan fingerprint density at radius 3 is 2.82 bits per heavy atom. The summed E-state index contributed by atoms with van der Waals surface area (Å²) in [7, 11) is 0. The second-order valence-corrected chi connectivity index (χ2v) is 4.42. The largest absolute Gasteiger partial charge is 0.392 e. The molecule has 0 spiro atoms. The number of halogens is 1. The first-order valence-electron chi connectivity index (χ1n) is 5.67. The molecule has 0 bridgehead atoms. The van der Waals surface area contributed by atoms with E-state index in [0.29, 0.717) is 22.0 Å². The number of rotatable bonds is 1. The minimum Gasteiger partial charge on any atom is -0.392 e. The van der Waals surface area contributed by atoms with Gasteiger partial charge in [-0.3, -0.25) is 4.79 Å². The van der Waals surface area contributed by atoms with E-state index >= 15 is 0 Å². The van der Waals surface area contributed by atoms with Crippen LogP contribution in [0.2, 0.25) is 0 Å². The van der Waals surface area contributed by atoms with Gasteiger partial charge in [-0.2, -0.15) is 0 Å². The van der Waals surface area contributed by atoms with Crippen molar-refractivity contribution >= 4 is 10.9 Å². The van der Waals surface area contributed by atoms with Gasteiger partial charge in [-0.05, 0) is 42.5 Å². The average Bonchev–Trinajstić information content (AvgIpc) is 2.77. The lowest BCUT2D eigenvalue weighted by molar-refractivity contribution is 0.281. The molecule has 1 aliphatic carbocycles. The Hall–Kier alpha value is -1.68. The monoisotopic (exact) mass is 233 g/mol. The highest BCUT2D eigenvalue weighted by molar-refractivity contribution is 5.84. The molecule has 0 saturated heterocycles. The van der Waals surface area contributed by atoms with Crippen LogP contribution in [-0.2, 0) is 19.4 Å². The van der Waals surface area contributed by atoms with Crippen LogP contribution in [0.25, 0.3) is 10.9 Å². The van der Waals surface area contributed by atoms with Crippen molar-refractivity contribution in [3.05, 3.63) is 45.0 Å². The zero-order chi connectivity index (χ0) is 12.0. The van der Waals surface area contributed by atoms with Gasteiger partial charge in [0.1, 0.15) is 5.82 Å². The molecule has 4 heteroatoms. The molecule has 0 aliphatic heterocycles. The zero-order valence-corrected chi connectivity index (χ0v) is 9.22. The Balaban J connectivity index is 2.45. The lowest BCUT2D eigenvalue weighted by Crippen LogP contribution is -2.13. The summed E-state index contributed by atoms with van der Waals surface area (Å²) < 4.78 is 14.0. The van der Waals surface area contributed by atoms with Crippen molar-refractivity contribution in [1.82, 2.24) is 4.98 Å². The normalized spacial score (nSPS) is 14.2. The second-order valence-electron chi connectivity index (χ2n) is 4.42. The highest BCUT2D eigenvalue weighted by Crippen LogP contribution is 2.28. The molecule has 88 valence electrons. The van der Waals surface area contributed by atoms with Crippen LogP contribution in [0.15, 0.2) is 16.9 Å². The molecular weight excluding hydrogens is 221 g/mol. The maximum atomic E-state index is 14.0. The Labute approximate surface area is 96.9 Å². The SMILES string of the molecule is O=c1[nH]c2cc(CO)cc(F)c2c2c1CCC2. The van der Waals surface area contributed by atoms with E-state index in [0.717, 1.165) is 24.8 Å². The summed E-state index contributed by atoms with van der Waals surface area (Å²) in [6.07, 6.45) is 2.38. The molecule has 17 heavy (non-hydrogen) atoms. The van der Waals surface area contributed by atoms with E-state index < -0.39 is 0 Å². The number of aliphatic hydroxyl groups is 1. The van der Waals surface area contributed by atoms with Gasteiger partial charge in [-0.1, -0.05) is 0 Å². The molecule has 0 unspecified atom stereocenters. The van der Waals surface area contributed by atoms with Crippen LogP contribution >= 0.6 is 0 Å². The molecule has 0 saturated carbocycles. The third kappa shape index (κ3) is 1.48. The van der Waals surface area contributed by atoms with E-state index in [4.69, 9.17) is 5.11 Å².